The van der Waals surface area contributed by atoms with Crippen molar-refractivity contribution in [3.05, 3.63) is 127 Å². The minimum Gasteiger partial charge on any atom is -0.0622 e. The Balaban J connectivity index is 0.000000414. The molecule has 3 N–H and O–H groups in total. The van der Waals surface area contributed by atoms with E-state index in [0.717, 1.165) is 6.16 Å². The molecule has 0 unspecified atom stereocenters. The molecule has 4 aromatic rings. The van der Waals surface area contributed by atoms with Crippen molar-refractivity contribution in [1.82, 2.24) is 0 Å². The van der Waals surface area contributed by atoms with Gasteiger partial charge in [-0.05, 0) is 42.0 Å². The number of hydrogen-bond donors (Lipinski definition) is 3. The maximum atomic E-state index is 8.88. The fraction of sp³-hybridized carbons (Fsp3) is 0.0400. The minimum atomic E-state index is -4.64. The second-order valence-electron chi connectivity index (χ2n) is 7.18. The fourth-order valence-corrected chi connectivity index (χ4v) is 7.87. The Morgan fingerprint density at radius 1 is 0.600 bits per heavy atom. The van der Waals surface area contributed by atoms with Crippen molar-refractivity contribution in [2.24, 2.45) is 0 Å². The molecule has 0 spiro atoms. The first-order valence-electron chi connectivity index (χ1n) is 10.3. The molecule has 4 aromatic carbocycles. The van der Waals surface area contributed by atoms with Crippen LogP contribution < -0.4 is 19.7 Å². The molecule has 0 radical (unpaired) electrons. The topological polar surface area (TPSA) is 135 Å². The van der Waals surface area contributed by atoms with Crippen LogP contribution in [0.2, 0.25) is 0 Å². The van der Waals surface area contributed by atoms with Gasteiger partial charge in [0, 0.05) is 0 Å². The average Bonchev–Trinajstić information content (AvgIpc) is 2.83. The molecule has 0 saturated heterocycles. The summed E-state index contributed by atoms with van der Waals surface area (Å²) in [6.45, 7) is 0. The molecule has 0 fully saturated rings. The van der Waals surface area contributed by atoms with Crippen molar-refractivity contribution in [2.75, 3.05) is 0 Å². The Hall–Kier alpha value is -2.33. The summed E-state index contributed by atoms with van der Waals surface area (Å²) in [6, 6.07) is 44.0. The van der Waals surface area contributed by atoms with E-state index in [0.29, 0.717) is 0 Å². The van der Waals surface area contributed by atoms with Gasteiger partial charge in [0.1, 0.15) is 23.2 Å². The maximum absolute atomic E-state index is 8.88. The molecule has 0 aliphatic rings. The molecule has 0 aromatic heterocycles. The van der Waals surface area contributed by atoms with E-state index in [1.165, 1.54) is 21.5 Å². The van der Waals surface area contributed by atoms with Crippen LogP contribution in [-0.2, 0) is 35.1 Å². The zero-order valence-corrected chi connectivity index (χ0v) is 23.3. The van der Waals surface area contributed by atoms with E-state index in [1.807, 2.05) is 0 Å². The minimum absolute atomic E-state index is 1.03. The van der Waals surface area contributed by atoms with Crippen LogP contribution in [0.25, 0.3) is 0 Å². The van der Waals surface area contributed by atoms with E-state index in [2.05, 4.69) is 121 Å². The predicted octanol–water partition coefficient (Wildman–Crippen LogP) is 2.82. The molecule has 0 aliphatic carbocycles. The Morgan fingerprint density at radius 2 is 0.829 bits per heavy atom. The van der Waals surface area contributed by atoms with Crippen molar-refractivity contribution in [3.8, 4) is 0 Å². The Morgan fingerprint density at radius 3 is 1.09 bits per heavy atom. The van der Waals surface area contributed by atoms with Crippen molar-refractivity contribution >= 4 is 31.0 Å². The van der Waals surface area contributed by atoms with Gasteiger partial charge in [-0.25, -0.2) is 4.57 Å². The SMILES string of the molecule is O=P(O)(O)O.[O]=[W](=[O])[O-].c1ccc(C[P+](c2ccccc2)(c2ccccc2)c2ccccc2)cc1. The molecule has 10 heteroatoms. The van der Waals surface area contributed by atoms with Gasteiger partial charge in [0.05, 0.1) is 6.16 Å². The van der Waals surface area contributed by atoms with Crippen LogP contribution >= 0.6 is 15.1 Å². The largest absolute Gasteiger partial charge is 0.116 e. The van der Waals surface area contributed by atoms with Crippen LogP contribution in [0.15, 0.2) is 121 Å². The van der Waals surface area contributed by atoms with Crippen molar-refractivity contribution in [1.29, 1.82) is 0 Å². The summed E-state index contributed by atoms with van der Waals surface area (Å²) in [5.41, 5.74) is 1.39. The van der Waals surface area contributed by atoms with Gasteiger partial charge >= 0.3 is 36.0 Å². The first-order chi connectivity index (χ1) is 16.6. The van der Waals surface area contributed by atoms with Gasteiger partial charge in [-0.15, -0.1) is 0 Å². The summed E-state index contributed by atoms with van der Waals surface area (Å²) in [6.07, 6.45) is 1.03. The number of hydrogen-bond acceptors (Lipinski definition) is 4. The van der Waals surface area contributed by atoms with Gasteiger partial charge in [-0.3, -0.25) is 0 Å². The number of phosphoric acid groups is 1. The molecule has 0 saturated carbocycles. The fourth-order valence-electron chi connectivity index (χ4n) is 3.63. The first kappa shape index (κ1) is 28.9. The molecule has 0 atom stereocenters. The molecule has 4 rings (SSSR count). The van der Waals surface area contributed by atoms with Gasteiger partial charge in [-0.2, -0.15) is 0 Å². The zero-order valence-electron chi connectivity index (χ0n) is 18.5. The third-order valence-electron chi connectivity index (χ3n) is 4.85. The van der Waals surface area contributed by atoms with Crippen molar-refractivity contribution in [3.63, 3.8) is 0 Å². The first-order valence-corrected chi connectivity index (χ1v) is 17.4. The van der Waals surface area contributed by atoms with E-state index < -0.39 is 32.7 Å². The van der Waals surface area contributed by atoms with Crippen LogP contribution in [0, 0.1) is 0 Å². The van der Waals surface area contributed by atoms with Gasteiger partial charge in [0.15, 0.2) is 0 Å². The molecule has 0 bridgehead atoms. The Kier molecular flexibility index (Phi) is 11.8. The summed E-state index contributed by atoms with van der Waals surface area (Å²) in [7, 11) is -6.41. The molecule has 0 heterocycles. The number of rotatable bonds is 5. The van der Waals surface area contributed by atoms with E-state index in [9.17, 15) is 0 Å². The zero-order chi connectivity index (χ0) is 25.7. The van der Waals surface area contributed by atoms with Gasteiger partial charge in [-0.1, -0.05) is 84.9 Å². The van der Waals surface area contributed by atoms with Crippen LogP contribution in [0.1, 0.15) is 5.56 Å². The molecule has 0 aliphatic heterocycles. The molecule has 35 heavy (non-hydrogen) atoms. The Bertz CT molecular complexity index is 1150. The summed E-state index contributed by atoms with van der Waals surface area (Å²) < 4.78 is 34.7. The standard InChI is InChI=1S/C25H22P.H3O4P.3O.W/c1-5-13-22(14-6-1)21-26(23-15-7-2-8-16-23,24-17-9-3-10-18-24)25-19-11-4-12-20-25;1-5(2,3)4;;;;/h1-20H,21H2;(H3,1,2,3,4);;;;/q+1;;;;-1;. The summed E-state index contributed by atoms with van der Waals surface area (Å²) in [5, 5.41) is 4.30. The van der Waals surface area contributed by atoms with Crippen LogP contribution in [0.3, 0.4) is 0 Å². The van der Waals surface area contributed by atoms with Crippen LogP contribution in [0.4, 0.5) is 0 Å². The van der Waals surface area contributed by atoms with Crippen LogP contribution in [0.5, 0.6) is 0 Å². The van der Waals surface area contributed by atoms with Crippen molar-refractivity contribution in [2.45, 2.75) is 6.16 Å². The summed E-state index contributed by atoms with van der Waals surface area (Å²) in [4.78, 5) is 21.6. The maximum Gasteiger partial charge on any atom is 0.116 e. The smallest absolute Gasteiger partial charge is 0.0622 e. The molecule has 183 valence electrons. The van der Waals surface area contributed by atoms with E-state index in [1.54, 1.807) is 0 Å². The van der Waals surface area contributed by atoms with Crippen molar-refractivity contribution < 1.29 is 47.4 Å². The van der Waals surface area contributed by atoms with Gasteiger partial charge in [0.25, 0.3) is 0 Å². The third-order valence-corrected chi connectivity index (χ3v) is 9.23. The monoisotopic (exact) mass is 683 g/mol. The van der Waals surface area contributed by atoms with Gasteiger partial charge < -0.3 is 14.7 Å². The summed E-state index contributed by atoms with van der Waals surface area (Å²) >= 11 is -4.28. The molecule has 7 nitrogen and oxygen atoms in total. The molecule has 0 amide bonds. The second-order valence-corrected chi connectivity index (χ2v) is 13.2. The molecular formula is C25H25O7P2W. The Labute approximate surface area is 210 Å². The van der Waals surface area contributed by atoms with E-state index in [-0.39, 0.29) is 0 Å². The number of benzene rings is 4. The van der Waals surface area contributed by atoms with E-state index >= 15 is 0 Å². The molecular weight excluding hydrogens is 658 g/mol. The predicted molar refractivity (Wildman–Crippen MR) is 131 cm³/mol. The summed E-state index contributed by atoms with van der Waals surface area (Å²) in [5.74, 6) is 0. The van der Waals surface area contributed by atoms with Gasteiger partial charge in [0.2, 0.25) is 0 Å². The quantitative estimate of drug-likeness (QED) is 0.276. The third kappa shape index (κ3) is 10.0. The normalized spacial score (nSPS) is 10.7. The van der Waals surface area contributed by atoms with E-state index in [4.69, 9.17) is 29.8 Å². The average molecular weight is 683 g/mol. The van der Waals surface area contributed by atoms with Crippen LogP contribution in [-0.4, -0.2) is 14.7 Å². The second kappa shape index (κ2) is 14.3.